The summed E-state index contributed by atoms with van der Waals surface area (Å²) < 4.78 is 5.81. The second-order valence-electron chi connectivity index (χ2n) is 5.07. The number of hydrogen-bond acceptors (Lipinski definition) is 5. The first-order chi connectivity index (χ1) is 9.70. The lowest BCUT2D eigenvalue weighted by Crippen LogP contribution is -2.38. The van der Waals surface area contributed by atoms with Crippen molar-refractivity contribution in [2.45, 2.75) is 51.2 Å². The van der Waals surface area contributed by atoms with Crippen molar-refractivity contribution in [3.05, 3.63) is 17.8 Å². The van der Waals surface area contributed by atoms with Gasteiger partial charge in [-0.1, -0.05) is 12.8 Å². The largest absolute Gasteiger partial charge is 0.472 e. The molecule has 0 aromatic carbocycles. The maximum atomic E-state index is 11.6. The number of rotatable bonds is 4. The Morgan fingerprint density at radius 2 is 2.15 bits per heavy atom. The molecule has 1 saturated carbocycles. The van der Waals surface area contributed by atoms with Crippen molar-refractivity contribution in [1.82, 2.24) is 15.5 Å². The lowest BCUT2D eigenvalue weighted by atomic mass is 10.1. The average Bonchev–Trinajstić information content (AvgIpc) is 2.65. The van der Waals surface area contributed by atoms with Crippen molar-refractivity contribution >= 4 is 5.91 Å². The molecule has 0 radical (unpaired) electrons. The second kappa shape index (κ2) is 7.19. The molecule has 1 heterocycles. The lowest BCUT2D eigenvalue weighted by Gasteiger charge is -2.21. The molecule has 1 aliphatic rings. The lowest BCUT2D eigenvalue weighted by molar-refractivity contribution is 0.0949. The molecule has 2 unspecified atom stereocenters. The Morgan fingerprint density at radius 1 is 1.35 bits per heavy atom. The molecule has 2 atom stereocenters. The zero-order valence-electron chi connectivity index (χ0n) is 11.8. The third-order valence-corrected chi connectivity index (χ3v) is 3.49. The molecule has 1 fully saturated rings. The van der Waals surface area contributed by atoms with Gasteiger partial charge in [-0.2, -0.15) is 0 Å². The van der Waals surface area contributed by atoms with Crippen LogP contribution in [-0.4, -0.2) is 34.8 Å². The molecule has 1 aliphatic carbocycles. The van der Waals surface area contributed by atoms with Crippen molar-refractivity contribution in [2.75, 3.05) is 6.54 Å². The Balaban J connectivity index is 1.97. The van der Waals surface area contributed by atoms with Crippen molar-refractivity contribution in [3.8, 4) is 5.88 Å². The molecular weight excluding hydrogens is 256 g/mol. The van der Waals surface area contributed by atoms with E-state index in [9.17, 15) is 4.79 Å². The number of ether oxygens (including phenoxy) is 1. The Labute approximate surface area is 119 Å². The molecule has 1 amide bonds. The van der Waals surface area contributed by atoms with E-state index in [4.69, 9.17) is 10.5 Å². The number of nitrogens with one attached hydrogen (secondary N) is 1. The van der Waals surface area contributed by atoms with Gasteiger partial charge in [0.25, 0.3) is 5.91 Å². The van der Waals surface area contributed by atoms with Crippen LogP contribution in [0.3, 0.4) is 0 Å². The maximum absolute atomic E-state index is 11.6. The van der Waals surface area contributed by atoms with Crippen molar-refractivity contribution in [1.29, 1.82) is 0 Å². The highest BCUT2D eigenvalue weighted by Crippen LogP contribution is 2.20. The Hall–Kier alpha value is -1.69. The standard InChI is InChI=1S/C14H22N4O2/c1-2-16-14(19)11-8-9-13(18-17-11)20-12-7-5-3-4-6-10(12)15/h8-10,12H,2-7,15H2,1H3,(H,16,19). The highest BCUT2D eigenvalue weighted by atomic mass is 16.5. The predicted molar refractivity (Wildman–Crippen MR) is 75.5 cm³/mol. The molecule has 20 heavy (non-hydrogen) atoms. The number of aromatic nitrogens is 2. The van der Waals surface area contributed by atoms with E-state index >= 15 is 0 Å². The van der Waals surface area contributed by atoms with Crippen LogP contribution < -0.4 is 15.8 Å². The summed E-state index contributed by atoms with van der Waals surface area (Å²) in [5, 5.41) is 10.5. The first-order valence-electron chi connectivity index (χ1n) is 7.25. The second-order valence-corrected chi connectivity index (χ2v) is 5.07. The van der Waals surface area contributed by atoms with Crippen LogP contribution in [0, 0.1) is 0 Å². The Bertz CT molecular complexity index is 435. The topological polar surface area (TPSA) is 90.1 Å². The summed E-state index contributed by atoms with van der Waals surface area (Å²) in [6, 6.07) is 3.34. The van der Waals surface area contributed by atoms with Crippen LogP contribution in [0.2, 0.25) is 0 Å². The summed E-state index contributed by atoms with van der Waals surface area (Å²) in [6.45, 7) is 2.42. The molecule has 1 aromatic heterocycles. The maximum Gasteiger partial charge on any atom is 0.271 e. The molecule has 0 bridgehead atoms. The smallest absolute Gasteiger partial charge is 0.271 e. The molecule has 0 aliphatic heterocycles. The highest BCUT2D eigenvalue weighted by molar-refractivity contribution is 5.91. The van der Waals surface area contributed by atoms with Gasteiger partial charge in [-0.3, -0.25) is 4.79 Å². The van der Waals surface area contributed by atoms with Crippen molar-refractivity contribution in [3.63, 3.8) is 0 Å². The van der Waals surface area contributed by atoms with Crippen LogP contribution in [0.5, 0.6) is 5.88 Å². The first kappa shape index (κ1) is 14.7. The zero-order chi connectivity index (χ0) is 14.4. The third kappa shape index (κ3) is 3.90. The van der Waals surface area contributed by atoms with Gasteiger partial charge >= 0.3 is 0 Å². The fraction of sp³-hybridized carbons (Fsp3) is 0.643. The summed E-state index contributed by atoms with van der Waals surface area (Å²) >= 11 is 0. The van der Waals surface area contributed by atoms with E-state index in [1.165, 1.54) is 6.42 Å². The van der Waals surface area contributed by atoms with Crippen LogP contribution in [0.4, 0.5) is 0 Å². The monoisotopic (exact) mass is 278 g/mol. The highest BCUT2D eigenvalue weighted by Gasteiger charge is 2.22. The third-order valence-electron chi connectivity index (χ3n) is 3.49. The van der Waals surface area contributed by atoms with E-state index in [1.54, 1.807) is 12.1 Å². The number of nitrogens with two attached hydrogens (primary N) is 1. The fourth-order valence-electron chi connectivity index (χ4n) is 2.36. The van der Waals surface area contributed by atoms with Gasteiger partial charge in [0.1, 0.15) is 6.10 Å². The van der Waals surface area contributed by atoms with E-state index in [0.717, 1.165) is 25.7 Å². The number of carbonyl (C=O) groups excluding carboxylic acids is 1. The minimum Gasteiger partial charge on any atom is -0.472 e. The summed E-state index contributed by atoms with van der Waals surface area (Å²) in [7, 11) is 0. The van der Waals surface area contributed by atoms with Crippen LogP contribution in [0.25, 0.3) is 0 Å². The quantitative estimate of drug-likeness (QED) is 0.809. The fourth-order valence-corrected chi connectivity index (χ4v) is 2.36. The minimum atomic E-state index is -0.224. The zero-order valence-corrected chi connectivity index (χ0v) is 11.8. The van der Waals surface area contributed by atoms with Gasteiger partial charge in [0, 0.05) is 18.7 Å². The van der Waals surface area contributed by atoms with Gasteiger partial charge in [0.15, 0.2) is 5.69 Å². The number of carbonyl (C=O) groups is 1. The Morgan fingerprint density at radius 3 is 2.85 bits per heavy atom. The van der Waals surface area contributed by atoms with Gasteiger partial charge in [-0.05, 0) is 32.3 Å². The van der Waals surface area contributed by atoms with Gasteiger partial charge in [-0.15, -0.1) is 10.2 Å². The summed E-state index contributed by atoms with van der Waals surface area (Å²) in [5.41, 5.74) is 6.40. The summed E-state index contributed by atoms with van der Waals surface area (Å²) in [5.74, 6) is 0.207. The van der Waals surface area contributed by atoms with Crippen molar-refractivity contribution < 1.29 is 9.53 Å². The molecule has 6 nitrogen and oxygen atoms in total. The molecule has 2 rings (SSSR count). The normalized spacial score (nSPS) is 22.9. The summed E-state index contributed by atoms with van der Waals surface area (Å²) in [6.07, 6.45) is 5.40. The number of amides is 1. The summed E-state index contributed by atoms with van der Waals surface area (Å²) in [4.78, 5) is 11.6. The van der Waals surface area contributed by atoms with E-state index in [-0.39, 0.29) is 18.1 Å². The van der Waals surface area contributed by atoms with E-state index in [1.807, 2.05) is 6.92 Å². The van der Waals surface area contributed by atoms with Crippen LogP contribution in [0.15, 0.2) is 12.1 Å². The van der Waals surface area contributed by atoms with Crippen LogP contribution >= 0.6 is 0 Å². The van der Waals surface area contributed by atoms with Gasteiger partial charge in [0.2, 0.25) is 5.88 Å². The van der Waals surface area contributed by atoms with Crippen molar-refractivity contribution in [2.24, 2.45) is 5.73 Å². The molecule has 3 N–H and O–H groups in total. The number of nitrogens with zero attached hydrogens (tertiary/aromatic N) is 2. The number of hydrogen-bond donors (Lipinski definition) is 2. The molecule has 6 heteroatoms. The minimum absolute atomic E-state index is 0.0119. The molecule has 110 valence electrons. The predicted octanol–water partition coefficient (Wildman–Crippen LogP) is 1.27. The van der Waals surface area contributed by atoms with Gasteiger partial charge in [-0.25, -0.2) is 0 Å². The van der Waals surface area contributed by atoms with Crippen LogP contribution in [0.1, 0.15) is 49.5 Å². The van der Waals surface area contributed by atoms with Gasteiger partial charge in [0.05, 0.1) is 0 Å². The van der Waals surface area contributed by atoms with Crippen LogP contribution in [-0.2, 0) is 0 Å². The Kier molecular flexibility index (Phi) is 5.29. The molecule has 0 spiro atoms. The van der Waals surface area contributed by atoms with Gasteiger partial charge < -0.3 is 15.8 Å². The molecular formula is C14H22N4O2. The first-order valence-corrected chi connectivity index (χ1v) is 7.25. The molecule has 0 saturated heterocycles. The molecule has 1 aromatic rings. The van der Waals surface area contributed by atoms with E-state index < -0.39 is 0 Å². The van der Waals surface area contributed by atoms with E-state index in [0.29, 0.717) is 18.1 Å². The van der Waals surface area contributed by atoms with E-state index in [2.05, 4.69) is 15.5 Å². The SMILES string of the molecule is CCNC(=O)c1ccc(OC2CCCCCC2N)nn1. The average molecular weight is 278 g/mol.